The molecule has 1 aliphatic rings. The summed E-state index contributed by atoms with van der Waals surface area (Å²) in [5.41, 5.74) is 1.64. The summed E-state index contributed by atoms with van der Waals surface area (Å²) in [7, 11) is 1.47. The van der Waals surface area contributed by atoms with Gasteiger partial charge in [0.1, 0.15) is 5.82 Å². The van der Waals surface area contributed by atoms with Crippen molar-refractivity contribution in [2.45, 2.75) is 44.9 Å². The van der Waals surface area contributed by atoms with Gasteiger partial charge in [0.2, 0.25) is 0 Å². The van der Waals surface area contributed by atoms with Gasteiger partial charge in [0.25, 0.3) is 0 Å². The van der Waals surface area contributed by atoms with E-state index in [2.05, 4.69) is 17.8 Å². The molecule has 0 radical (unpaired) electrons. The number of carbonyl (C=O) groups is 1. The summed E-state index contributed by atoms with van der Waals surface area (Å²) in [6.07, 6.45) is 3.01. The second kappa shape index (κ2) is 13.9. The molecule has 0 heterocycles. The Morgan fingerprint density at radius 2 is 1.83 bits per heavy atom. The van der Waals surface area contributed by atoms with Gasteiger partial charge in [-0.15, -0.1) is 11.8 Å². The number of nitrogens with zero attached hydrogens (tertiary/aromatic N) is 1. The van der Waals surface area contributed by atoms with E-state index in [1.54, 1.807) is 30.8 Å². The van der Waals surface area contributed by atoms with E-state index in [9.17, 15) is 9.18 Å². The molecule has 5 heteroatoms. The van der Waals surface area contributed by atoms with Crippen LogP contribution in [0.5, 0.6) is 0 Å². The van der Waals surface area contributed by atoms with Gasteiger partial charge in [-0.25, -0.2) is 4.39 Å². The molecule has 0 saturated heterocycles. The number of benzene rings is 2. The van der Waals surface area contributed by atoms with Gasteiger partial charge in [-0.2, -0.15) is 0 Å². The number of aliphatic imine (C=N–C) groups is 1. The highest BCUT2D eigenvalue weighted by atomic mass is 32.2. The summed E-state index contributed by atoms with van der Waals surface area (Å²) in [5.74, 6) is 1.53. The minimum Gasteiger partial charge on any atom is -0.469 e. The maximum absolute atomic E-state index is 12.3. The van der Waals surface area contributed by atoms with Crippen LogP contribution in [-0.2, 0) is 9.53 Å². The number of hydrogen-bond acceptors (Lipinski definition) is 4. The highest BCUT2D eigenvalue weighted by Crippen LogP contribution is 2.37. The van der Waals surface area contributed by atoms with Crippen LogP contribution in [0.2, 0.25) is 0 Å². The molecular weight excluding hydrogens is 385 g/mol. The van der Waals surface area contributed by atoms with Crippen molar-refractivity contribution in [3.8, 4) is 0 Å². The topological polar surface area (TPSA) is 38.7 Å². The summed E-state index contributed by atoms with van der Waals surface area (Å²) < 4.78 is 17.1. The van der Waals surface area contributed by atoms with Crippen LogP contribution in [0, 0.1) is 24.6 Å². The second-order valence-corrected chi connectivity index (χ2v) is 7.65. The van der Waals surface area contributed by atoms with Crippen molar-refractivity contribution in [3.05, 3.63) is 59.9 Å². The quantitative estimate of drug-likeness (QED) is 0.303. The molecule has 2 aromatic rings. The van der Waals surface area contributed by atoms with Crippen molar-refractivity contribution >= 4 is 30.1 Å². The molecule has 3 nitrogen and oxygen atoms in total. The van der Waals surface area contributed by atoms with Gasteiger partial charge in [-0.3, -0.25) is 9.79 Å². The first-order valence-corrected chi connectivity index (χ1v) is 11.0. The lowest BCUT2D eigenvalue weighted by Crippen LogP contribution is -2.13. The Morgan fingerprint density at radius 1 is 1.17 bits per heavy atom. The van der Waals surface area contributed by atoms with Gasteiger partial charge in [-0.05, 0) is 62.6 Å². The Morgan fingerprint density at radius 3 is 2.41 bits per heavy atom. The SMILES string of the molecule is C=Nc1ccccc1SCC1CCC(C(=O)OC)C1.CC.Cc1ccccc1F. The van der Waals surface area contributed by atoms with Gasteiger partial charge in [0.05, 0.1) is 18.7 Å². The number of methoxy groups -OCH3 is 1. The lowest BCUT2D eigenvalue weighted by molar-refractivity contribution is -0.145. The largest absolute Gasteiger partial charge is 0.469 e. The van der Waals surface area contributed by atoms with Gasteiger partial charge in [-0.1, -0.05) is 44.2 Å². The van der Waals surface area contributed by atoms with E-state index >= 15 is 0 Å². The summed E-state index contributed by atoms with van der Waals surface area (Å²) in [6.45, 7) is 9.34. The van der Waals surface area contributed by atoms with Gasteiger partial charge in [0.15, 0.2) is 0 Å². The highest BCUT2D eigenvalue weighted by molar-refractivity contribution is 7.99. The van der Waals surface area contributed by atoms with Crippen molar-refractivity contribution in [2.24, 2.45) is 16.8 Å². The molecule has 0 amide bonds. The van der Waals surface area contributed by atoms with Gasteiger partial charge >= 0.3 is 5.97 Å². The smallest absolute Gasteiger partial charge is 0.308 e. The first kappa shape index (κ1) is 24.9. The minimum atomic E-state index is -0.132. The molecule has 1 aliphatic carbocycles. The number of esters is 1. The normalized spacial score (nSPS) is 17.3. The zero-order valence-electron chi connectivity index (χ0n) is 17.9. The second-order valence-electron chi connectivity index (χ2n) is 6.59. The molecule has 2 atom stereocenters. The molecule has 158 valence electrons. The van der Waals surface area contributed by atoms with E-state index < -0.39 is 0 Å². The van der Waals surface area contributed by atoms with Gasteiger partial charge in [0, 0.05) is 10.6 Å². The minimum absolute atomic E-state index is 0.0549. The molecule has 1 fully saturated rings. The number of carbonyl (C=O) groups excluding carboxylic acids is 1. The van der Waals surface area contributed by atoms with Crippen molar-refractivity contribution in [2.75, 3.05) is 12.9 Å². The number of halogens is 1. The first-order valence-electron chi connectivity index (χ1n) is 10.0. The highest BCUT2D eigenvalue weighted by Gasteiger charge is 2.30. The Labute approximate surface area is 178 Å². The first-order chi connectivity index (χ1) is 14.0. The Hall–Kier alpha value is -2.14. The zero-order valence-corrected chi connectivity index (χ0v) is 18.7. The molecule has 0 aliphatic heterocycles. The van der Waals surface area contributed by atoms with Crippen LogP contribution in [0.15, 0.2) is 58.4 Å². The van der Waals surface area contributed by atoms with Crippen molar-refractivity contribution in [3.63, 3.8) is 0 Å². The van der Waals surface area contributed by atoms with Crippen molar-refractivity contribution in [1.82, 2.24) is 0 Å². The molecule has 0 aromatic heterocycles. The predicted molar refractivity (Wildman–Crippen MR) is 122 cm³/mol. The number of ether oxygens (including phenoxy) is 1. The van der Waals surface area contributed by atoms with E-state index in [-0.39, 0.29) is 17.7 Å². The summed E-state index contributed by atoms with van der Waals surface area (Å²) in [5, 5.41) is 0. The summed E-state index contributed by atoms with van der Waals surface area (Å²) >= 11 is 1.80. The molecule has 29 heavy (non-hydrogen) atoms. The van der Waals surface area contributed by atoms with Crippen molar-refractivity contribution in [1.29, 1.82) is 0 Å². The maximum Gasteiger partial charge on any atom is 0.308 e. The maximum atomic E-state index is 12.3. The number of thioether (sulfide) groups is 1. The number of aryl methyl sites for hydroxylation is 1. The zero-order chi connectivity index (χ0) is 21.6. The number of hydrogen-bond donors (Lipinski definition) is 0. The fourth-order valence-corrected chi connectivity index (χ4v) is 4.25. The third kappa shape index (κ3) is 8.40. The standard InChI is InChI=1S/C15H19NO2S.C7H7F.C2H6/c1-16-13-5-3-4-6-14(13)19-10-11-7-8-12(9-11)15(17)18-2;1-6-4-2-3-5-7(6)8;1-2/h3-6,11-12H,1,7-10H2,2H3;2-5H,1H3;1-2H3. The third-order valence-electron chi connectivity index (χ3n) is 4.66. The molecule has 1 saturated carbocycles. The van der Waals surface area contributed by atoms with Crippen LogP contribution in [0.3, 0.4) is 0 Å². The lowest BCUT2D eigenvalue weighted by atomic mass is 10.1. The van der Waals surface area contributed by atoms with E-state index in [4.69, 9.17) is 4.74 Å². The Balaban J connectivity index is 0.000000351. The van der Waals surface area contributed by atoms with E-state index in [1.165, 1.54) is 18.1 Å². The van der Waals surface area contributed by atoms with E-state index in [0.29, 0.717) is 11.5 Å². The Kier molecular flexibility index (Phi) is 12.0. The fraction of sp³-hybridized carbons (Fsp3) is 0.417. The predicted octanol–water partition coefficient (Wildman–Crippen LogP) is 6.86. The summed E-state index contributed by atoms with van der Waals surface area (Å²) in [6, 6.07) is 14.7. The monoisotopic (exact) mass is 417 g/mol. The van der Waals surface area contributed by atoms with Crippen LogP contribution in [0.1, 0.15) is 38.7 Å². The van der Waals surface area contributed by atoms with Crippen LogP contribution >= 0.6 is 11.8 Å². The summed E-state index contributed by atoms with van der Waals surface area (Å²) in [4.78, 5) is 16.7. The van der Waals surface area contributed by atoms with Gasteiger partial charge < -0.3 is 4.74 Å². The molecule has 0 spiro atoms. The lowest BCUT2D eigenvalue weighted by Gasteiger charge is -2.11. The molecular formula is C24H32FNO2S. The van der Waals surface area contributed by atoms with E-state index in [1.807, 2.05) is 38.1 Å². The Bertz CT molecular complexity index is 745. The fourth-order valence-electron chi connectivity index (χ4n) is 3.08. The van der Waals surface area contributed by atoms with Crippen molar-refractivity contribution < 1.29 is 13.9 Å². The average Bonchev–Trinajstić information content (AvgIpc) is 3.25. The molecule has 3 rings (SSSR count). The van der Waals surface area contributed by atoms with Crippen LogP contribution in [-0.4, -0.2) is 25.5 Å². The molecule has 2 unspecified atom stereocenters. The molecule has 2 aromatic carbocycles. The van der Waals surface area contributed by atoms with E-state index in [0.717, 1.165) is 30.7 Å². The van der Waals surface area contributed by atoms with Crippen LogP contribution in [0.25, 0.3) is 0 Å². The molecule has 0 bridgehead atoms. The van der Waals surface area contributed by atoms with Crippen LogP contribution in [0.4, 0.5) is 10.1 Å². The average molecular weight is 418 g/mol. The number of para-hydroxylation sites is 1. The third-order valence-corrected chi connectivity index (χ3v) is 5.96. The van der Waals surface area contributed by atoms with Crippen LogP contribution < -0.4 is 0 Å². The number of rotatable bonds is 5. The molecule has 0 N–H and O–H groups in total.